The molecule has 1 aromatic carbocycles. The number of hydrogen-bond acceptors (Lipinski definition) is 3. The molecule has 2 amide bonds. The van der Waals surface area contributed by atoms with E-state index in [1.807, 2.05) is 26.8 Å². The number of hydrogen-bond donors (Lipinski definition) is 2. The highest BCUT2D eigenvalue weighted by atomic mass is 35.5. The van der Waals surface area contributed by atoms with Crippen molar-refractivity contribution in [2.75, 3.05) is 10.6 Å². The zero-order chi connectivity index (χ0) is 14.7. The highest BCUT2D eigenvalue weighted by molar-refractivity contribution is 6.33. The molecule has 0 atom stereocenters. The predicted molar refractivity (Wildman–Crippen MR) is 79.2 cm³/mol. The number of urea groups is 1. The van der Waals surface area contributed by atoms with E-state index in [9.17, 15) is 4.79 Å². The molecule has 0 aliphatic heterocycles. The molecule has 0 radical (unpaired) electrons. The summed E-state index contributed by atoms with van der Waals surface area (Å²) in [6.07, 6.45) is 1.67. The van der Waals surface area contributed by atoms with E-state index in [-0.39, 0.29) is 6.04 Å². The van der Waals surface area contributed by atoms with E-state index in [0.29, 0.717) is 16.5 Å². The molecule has 0 aliphatic rings. The van der Waals surface area contributed by atoms with Gasteiger partial charge in [0.1, 0.15) is 0 Å². The first-order valence-corrected chi connectivity index (χ1v) is 6.59. The van der Waals surface area contributed by atoms with Crippen LogP contribution < -0.4 is 10.6 Å². The van der Waals surface area contributed by atoms with Gasteiger partial charge < -0.3 is 5.32 Å². The van der Waals surface area contributed by atoms with Gasteiger partial charge in [0, 0.05) is 6.04 Å². The van der Waals surface area contributed by atoms with Crippen molar-refractivity contribution in [2.45, 2.75) is 26.8 Å². The highest BCUT2D eigenvalue weighted by Crippen LogP contribution is 2.22. The van der Waals surface area contributed by atoms with E-state index >= 15 is 0 Å². The lowest BCUT2D eigenvalue weighted by Gasteiger charge is -2.08. The summed E-state index contributed by atoms with van der Waals surface area (Å²) in [5.41, 5.74) is 1.57. The molecule has 2 N–H and O–H groups in total. The van der Waals surface area contributed by atoms with Gasteiger partial charge in [-0.1, -0.05) is 22.9 Å². The van der Waals surface area contributed by atoms with E-state index in [2.05, 4.69) is 20.9 Å². The fraction of sp³-hybridized carbons (Fsp3) is 0.308. The second kappa shape index (κ2) is 5.92. The second-order valence-corrected chi connectivity index (χ2v) is 5.15. The molecule has 0 unspecified atom stereocenters. The lowest BCUT2D eigenvalue weighted by atomic mass is 10.2. The van der Waals surface area contributed by atoms with Crippen molar-refractivity contribution in [3.05, 3.63) is 35.0 Å². The Labute approximate surface area is 122 Å². The first-order valence-electron chi connectivity index (χ1n) is 6.21. The van der Waals surface area contributed by atoms with Crippen LogP contribution in [-0.2, 0) is 0 Å². The van der Waals surface area contributed by atoms with Gasteiger partial charge in [0.25, 0.3) is 0 Å². The van der Waals surface area contributed by atoms with Crippen LogP contribution in [0.1, 0.15) is 25.5 Å². The fourth-order valence-electron chi connectivity index (χ4n) is 1.59. The van der Waals surface area contributed by atoms with Crippen LogP contribution in [0.15, 0.2) is 24.4 Å². The van der Waals surface area contributed by atoms with Crippen molar-refractivity contribution in [2.24, 2.45) is 0 Å². The van der Waals surface area contributed by atoms with Crippen LogP contribution in [0.3, 0.4) is 0 Å². The van der Waals surface area contributed by atoms with E-state index in [4.69, 9.17) is 11.6 Å². The first kappa shape index (κ1) is 14.3. The molecule has 0 saturated heterocycles. The van der Waals surface area contributed by atoms with Gasteiger partial charge in [0.05, 0.1) is 16.9 Å². The van der Waals surface area contributed by atoms with Gasteiger partial charge in [-0.2, -0.15) is 0 Å². The van der Waals surface area contributed by atoms with Crippen LogP contribution in [0.2, 0.25) is 5.02 Å². The molecule has 0 fully saturated rings. The van der Waals surface area contributed by atoms with Gasteiger partial charge >= 0.3 is 6.03 Å². The number of rotatable bonds is 3. The summed E-state index contributed by atoms with van der Waals surface area (Å²) in [5, 5.41) is 13.5. The molecule has 1 aromatic heterocycles. The van der Waals surface area contributed by atoms with Crippen molar-refractivity contribution in [1.82, 2.24) is 15.0 Å². The third-order valence-corrected chi connectivity index (χ3v) is 2.98. The van der Waals surface area contributed by atoms with E-state index in [1.54, 1.807) is 23.0 Å². The zero-order valence-electron chi connectivity index (χ0n) is 11.5. The summed E-state index contributed by atoms with van der Waals surface area (Å²) in [4.78, 5) is 11.9. The Hall–Kier alpha value is -2.08. The van der Waals surface area contributed by atoms with Crippen LogP contribution in [-0.4, -0.2) is 21.0 Å². The fourth-order valence-corrected chi connectivity index (χ4v) is 1.76. The average molecular weight is 294 g/mol. The van der Waals surface area contributed by atoms with E-state index in [0.717, 1.165) is 5.56 Å². The molecule has 7 heteroatoms. The van der Waals surface area contributed by atoms with Crippen LogP contribution in [0.4, 0.5) is 16.3 Å². The Kier molecular flexibility index (Phi) is 4.24. The van der Waals surface area contributed by atoms with Crippen molar-refractivity contribution < 1.29 is 4.79 Å². The van der Waals surface area contributed by atoms with Gasteiger partial charge in [-0.05, 0) is 38.5 Å². The third kappa shape index (κ3) is 3.48. The summed E-state index contributed by atoms with van der Waals surface area (Å²) in [6, 6.07) is 5.19. The number of nitrogens with one attached hydrogen (secondary N) is 2. The molecule has 1 heterocycles. The van der Waals surface area contributed by atoms with Crippen LogP contribution in [0.25, 0.3) is 0 Å². The number of halogens is 1. The minimum Gasteiger partial charge on any atom is -0.306 e. The van der Waals surface area contributed by atoms with Crippen molar-refractivity contribution in [3.8, 4) is 0 Å². The second-order valence-electron chi connectivity index (χ2n) is 4.74. The van der Waals surface area contributed by atoms with Crippen molar-refractivity contribution in [1.29, 1.82) is 0 Å². The number of carbonyl (C=O) groups excluding carboxylic acids is 1. The number of carbonyl (C=O) groups is 1. The molecule has 2 aromatic rings. The Morgan fingerprint density at radius 2 is 2.10 bits per heavy atom. The van der Waals surface area contributed by atoms with Crippen LogP contribution in [0, 0.1) is 6.92 Å². The van der Waals surface area contributed by atoms with Gasteiger partial charge in [-0.15, -0.1) is 5.10 Å². The quantitative estimate of drug-likeness (QED) is 0.910. The van der Waals surface area contributed by atoms with Crippen LogP contribution >= 0.6 is 11.6 Å². The SMILES string of the molecule is Cc1ccc(Cl)c(NC(=O)Nc2cn(C(C)C)nn2)c1. The number of aromatic nitrogens is 3. The van der Waals surface area contributed by atoms with Crippen molar-refractivity contribution in [3.63, 3.8) is 0 Å². The molecular formula is C13H16ClN5O. The molecule has 0 spiro atoms. The topological polar surface area (TPSA) is 71.8 Å². The number of amides is 2. The lowest BCUT2D eigenvalue weighted by Crippen LogP contribution is -2.20. The summed E-state index contributed by atoms with van der Waals surface area (Å²) in [7, 11) is 0. The molecule has 0 aliphatic carbocycles. The van der Waals surface area contributed by atoms with Gasteiger partial charge in [0.15, 0.2) is 5.82 Å². The normalized spacial score (nSPS) is 10.7. The Balaban J connectivity index is 2.03. The molecule has 0 bridgehead atoms. The molecule has 2 rings (SSSR count). The van der Waals surface area contributed by atoms with Crippen LogP contribution in [0.5, 0.6) is 0 Å². The van der Waals surface area contributed by atoms with E-state index in [1.165, 1.54) is 0 Å². The third-order valence-electron chi connectivity index (χ3n) is 2.65. The Morgan fingerprint density at radius 3 is 2.75 bits per heavy atom. The smallest absolute Gasteiger partial charge is 0.306 e. The summed E-state index contributed by atoms with van der Waals surface area (Å²) in [5.74, 6) is 0.389. The zero-order valence-corrected chi connectivity index (χ0v) is 12.3. The predicted octanol–water partition coefficient (Wildman–Crippen LogP) is 3.46. The van der Waals surface area contributed by atoms with E-state index < -0.39 is 6.03 Å². The molecule has 0 saturated carbocycles. The first-order chi connectivity index (χ1) is 9.45. The van der Waals surface area contributed by atoms with Gasteiger partial charge in [0.2, 0.25) is 0 Å². The number of benzene rings is 1. The lowest BCUT2D eigenvalue weighted by molar-refractivity contribution is 0.262. The molecule has 20 heavy (non-hydrogen) atoms. The summed E-state index contributed by atoms with van der Waals surface area (Å²) < 4.78 is 1.66. The Bertz CT molecular complexity index is 623. The van der Waals surface area contributed by atoms with Crippen molar-refractivity contribution >= 4 is 29.1 Å². The minimum atomic E-state index is -0.409. The molecule has 106 valence electrons. The highest BCUT2D eigenvalue weighted by Gasteiger charge is 2.09. The maximum atomic E-state index is 11.9. The maximum Gasteiger partial charge on any atom is 0.324 e. The van der Waals surface area contributed by atoms with Gasteiger partial charge in [-0.25, -0.2) is 9.48 Å². The number of aryl methyl sites for hydroxylation is 1. The Morgan fingerprint density at radius 1 is 1.35 bits per heavy atom. The maximum absolute atomic E-state index is 11.9. The monoisotopic (exact) mass is 293 g/mol. The standard InChI is InChI=1S/C13H16ClN5O/c1-8(2)19-7-12(17-18-19)16-13(20)15-11-6-9(3)4-5-10(11)14/h4-8H,1-3H3,(H2,15,16,20). The molecular weight excluding hydrogens is 278 g/mol. The molecule has 6 nitrogen and oxygen atoms in total. The summed E-state index contributed by atoms with van der Waals surface area (Å²) >= 11 is 6.01. The minimum absolute atomic E-state index is 0.187. The number of nitrogens with zero attached hydrogens (tertiary/aromatic N) is 3. The largest absolute Gasteiger partial charge is 0.324 e. The van der Waals surface area contributed by atoms with Gasteiger partial charge in [-0.3, -0.25) is 5.32 Å². The summed E-state index contributed by atoms with van der Waals surface area (Å²) in [6.45, 7) is 5.88. The average Bonchev–Trinajstić information content (AvgIpc) is 2.82. The number of anilines is 2.